The third-order valence-electron chi connectivity index (χ3n) is 10.7. The fourth-order valence-corrected chi connectivity index (χ4v) is 7.30. The fourth-order valence-electron chi connectivity index (χ4n) is 7.30. The first-order chi connectivity index (χ1) is 33.3. The Morgan fingerprint density at radius 3 is 0.707 bits per heavy atom. The molecule has 0 amide bonds. The van der Waals surface area contributed by atoms with Crippen LogP contribution in [0.4, 0.5) is 105 Å². The summed E-state index contributed by atoms with van der Waals surface area (Å²) in [7, 11) is 8.35. The van der Waals surface area contributed by atoms with Gasteiger partial charge in [0.2, 0.25) is 0 Å². The number of halogens is 24. The molecule has 2 nitrogen and oxygen atoms in total. The maximum atomic E-state index is 14.2. The van der Waals surface area contributed by atoms with Gasteiger partial charge in [-0.1, -0.05) is 86.2 Å². The van der Waals surface area contributed by atoms with Crippen LogP contribution < -0.4 is 21.9 Å². The minimum absolute atomic E-state index is 0. The molecule has 0 unspecified atom stereocenters. The summed E-state index contributed by atoms with van der Waals surface area (Å²) in [5.41, 5.74) is -30.2. The molecule has 5 rings (SSSR count). The Bertz CT molecular complexity index is 2130. The second-order valence-corrected chi connectivity index (χ2v) is 16.9. The maximum absolute atomic E-state index is 14.2. The first-order valence-corrected chi connectivity index (χ1v) is 20.9. The minimum Gasteiger partial charge on any atom is -0.308 e. The minimum atomic E-state index is -6.13. The number of likely N-dealkylation sites (N-methyl/N-ethyl adjacent to an activating group) is 2. The van der Waals surface area contributed by atoms with E-state index < -0.39 is 195 Å². The molecule has 0 aromatic heterocycles. The summed E-state index contributed by atoms with van der Waals surface area (Å²) in [4.78, 5) is 4.36. The van der Waals surface area contributed by atoms with E-state index in [9.17, 15) is 105 Å². The van der Waals surface area contributed by atoms with Gasteiger partial charge in [0, 0.05) is 19.0 Å². The molecule has 4 aromatic rings. The number of benzene rings is 4. The van der Waals surface area contributed by atoms with Crippen LogP contribution in [0.5, 0.6) is 0 Å². The van der Waals surface area contributed by atoms with Crippen LogP contribution in [0, 0.1) is 18.8 Å². The van der Waals surface area contributed by atoms with Gasteiger partial charge < -0.3 is 9.80 Å². The molecule has 417 valence electrons. The van der Waals surface area contributed by atoms with E-state index in [4.69, 9.17) is 0 Å². The number of rotatable bonds is 9. The zero-order valence-electron chi connectivity index (χ0n) is 38.9. The number of hydrogen-bond acceptors (Lipinski definition) is 2. The van der Waals surface area contributed by atoms with Gasteiger partial charge in [0.15, 0.2) is 0 Å². The Labute approximate surface area is 427 Å². The summed E-state index contributed by atoms with van der Waals surface area (Å²) >= 11 is 0. The summed E-state index contributed by atoms with van der Waals surface area (Å²) in [6.07, 6.45) is -41.1. The van der Waals surface area contributed by atoms with Crippen LogP contribution in [0.3, 0.4) is 0 Å². The van der Waals surface area contributed by atoms with Gasteiger partial charge >= 0.3 is 69.8 Å². The average molecular weight is 1210 g/mol. The third-order valence-corrected chi connectivity index (χ3v) is 10.7. The molecule has 1 aliphatic carbocycles. The topological polar surface area (TPSA) is 6.48 Å². The van der Waals surface area contributed by atoms with Gasteiger partial charge in [0.1, 0.15) is 6.15 Å². The molecule has 28 heteroatoms. The van der Waals surface area contributed by atoms with Crippen LogP contribution in [0.15, 0.2) is 97.1 Å². The van der Waals surface area contributed by atoms with Crippen molar-refractivity contribution in [3.05, 3.63) is 160 Å². The molecule has 0 fully saturated rings. The Morgan fingerprint density at radius 2 is 0.560 bits per heavy atom. The zero-order valence-corrected chi connectivity index (χ0v) is 40.4. The number of nitrogens with zero attached hydrogens (tertiary/aromatic N) is 2. The van der Waals surface area contributed by atoms with Gasteiger partial charge in [0.05, 0.1) is 44.5 Å². The second-order valence-electron chi connectivity index (χ2n) is 16.9. The summed E-state index contributed by atoms with van der Waals surface area (Å²) in [6.45, 7) is 4.44. The average Bonchev–Trinajstić information content (AvgIpc) is 3.24. The molecule has 0 saturated heterocycles. The van der Waals surface area contributed by atoms with E-state index in [-0.39, 0.29) is 20.4 Å². The molecule has 1 aliphatic rings. The Kier molecular flexibility index (Phi) is 21.6. The third kappa shape index (κ3) is 18.2. The Hall–Kier alpha value is -4.67. The zero-order chi connectivity index (χ0) is 57.0. The van der Waals surface area contributed by atoms with Crippen molar-refractivity contribution in [3.8, 4) is 0 Å². The predicted molar refractivity (Wildman–Crippen MR) is 228 cm³/mol. The molecular formula is C47H39BF24N2Pd+. The molecule has 0 saturated carbocycles. The van der Waals surface area contributed by atoms with Crippen molar-refractivity contribution in [1.29, 1.82) is 0 Å². The van der Waals surface area contributed by atoms with Crippen molar-refractivity contribution < 1.29 is 126 Å². The van der Waals surface area contributed by atoms with E-state index in [1.165, 1.54) is 5.92 Å². The van der Waals surface area contributed by atoms with Gasteiger partial charge in [-0.3, -0.25) is 0 Å². The summed E-state index contributed by atoms with van der Waals surface area (Å²) in [5, 5.41) is 0. The van der Waals surface area contributed by atoms with Crippen molar-refractivity contribution in [3.63, 3.8) is 0 Å². The van der Waals surface area contributed by atoms with Crippen molar-refractivity contribution in [2.75, 3.05) is 41.3 Å². The van der Waals surface area contributed by atoms with Crippen LogP contribution in [0.2, 0.25) is 0 Å². The van der Waals surface area contributed by atoms with Crippen molar-refractivity contribution in [2.24, 2.45) is 0 Å². The van der Waals surface area contributed by atoms with Crippen molar-refractivity contribution in [2.45, 2.75) is 62.8 Å². The van der Waals surface area contributed by atoms with E-state index in [0.29, 0.717) is 0 Å². The number of hydrogen-bond donors (Lipinski definition) is 0. The van der Waals surface area contributed by atoms with Gasteiger partial charge in [0.25, 0.3) is 0 Å². The van der Waals surface area contributed by atoms with E-state index in [0.717, 1.165) is 19.5 Å². The van der Waals surface area contributed by atoms with Crippen LogP contribution in [-0.4, -0.2) is 57.2 Å². The Balaban J connectivity index is 0.000000905. The van der Waals surface area contributed by atoms with Crippen molar-refractivity contribution >= 4 is 28.0 Å². The smallest absolute Gasteiger partial charge is 0.308 e. The molecule has 0 aliphatic heterocycles. The maximum Gasteiger partial charge on any atom is 2.00 e. The van der Waals surface area contributed by atoms with Crippen LogP contribution >= 0.6 is 0 Å². The Morgan fingerprint density at radius 1 is 0.347 bits per heavy atom. The molecule has 3 radical (unpaired) electrons. The molecule has 0 atom stereocenters. The molecule has 75 heavy (non-hydrogen) atoms. The second kappa shape index (κ2) is 24.3. The number of alkyl halides is 24. The van der Waals surface area contributed by atoms with Gasteiger partial charge in [-0.05, 0) is 65.3 Å². The molecule has 0 bridgehead atoms. The fraction of sp³-hybridized carbons (Fsp3) is 0.340. The van der Waals surface area contributed by atoms with Crippen molar-refractivity contribution in [1.82, 2.24) is 9.80 Å². The van der Waals surface area contributed by atoms with E-state index >= 15 is 0 Å². The monoisotopic (exact) mass is 1200 g/mol. The van der Waals surface area contributed by atoms with Gasteiger partial charge in [-0.2, -0.15) is 127 Å². The molecule has 4 aromatic carbocycles. The quantitative estimate of drug-likeness (QED) is 0.122. The summed E-state index contributed by atoms with van der Waals surface area (Å²) < 4.78 is 341. The molecule has 0 heterocycles. The first-order valence-electron chi connectivity index (χ1n) is 20.9. The molecule has 0 N–H and O–H groups in total. The number of allylic oxidation sites excluding steroid dienone is 4. The van der Waals surface area contributed by atoms with E-state index in [1.807, 2.05) is 6.08 Å². The van der Waals surface area contributed by atoms with Crippen LogP contribution in [0.1, 0.15) is 57.9 Å². The predicted octanol–water partition coefficient (Wildman–Crippen LogP) is 13.8. The van der Waals surface area contributed by atoms with E-state index in [1.54, 1.807) is 0 Å². The van der Waals surface area contributed by atoms with Gasteiger partial charge in [-0.25, -0.2) is 0 Å². The molecular weight excluding hydrogens is 1170 g/mol. The van der Waals surface area contributed by atoms with E-state index in [2.05, 4.69) is 76.0 Å². The van der Waals surface area contributed by atoms with Gasteiger partial charge in [-0.15, -0.1) is 0 Å². The largest absolute Gasteiger partial charge is 2.00 e. The first kappa shape index (κ1) is 66.4. The molecule has 0 spiro atoms. The SMILES string of the molecule is CC[CH][C]1[CH]C=CC=C1.CN(C)CCN(C)C.FC(F)(F)c1cc([B-](c2cc(C(F)(F)F)cc(C(F)(F)F)c2)(c2cc(C(F)(F)F)cc(C(F)(F)F)c2)c2cc(C(F)(F)F)cc(C(F)(F)F)c2)cc(C(F)(F)F)c1.[Pd+2]. The van der Waals surface area contributed by atoms with Crippen LogP contribution in [-0.2, 0) is 69.8 Å². The summed E-state index contributed by atoms with van der Waals surface area (Å²) in [6, 6.07) is -8.81. The summed E-state index contributed by atoms with van der Waals surface area (Å²) in [5.74, 6) is 1.32. The standard InChI is InChI=1S/C32H12BF24.C9H11.C6H16N2.Pd/c34-25(35,36)13-1-14(26(37,38)39)6-21(5-13)33(22-7-15(27(40,41)42)2-16(8-22)28(43,44)45,23-9-17(29(46,47)48)3-18(10-23)30(49,50)51)24-11-19(31(52,53)54)4-20(12-24)32(55,56)57;1-2-6-9-7-4-3-5-8-9;1-7(2)5-6-8(3)4;/h1-12H;3-8H,2H2,1H3;5-6H2,1-4H3;/q-1;;;+2. The van der Waals surface area contributed by atoms with Crippen LogP contribution in [0.25, 0.3) is 0 Å². The normalized spacial score (nSPS) is 14.3.